The highest BCUT2D eigenvalue weighted by Gasteiger charge is 2.24. The molecule has 1 N–H and O–H groups in total. The summed E-state index contributed by atoms with van der Waals surface area (Å²) < 4.78 is 18.1. The van der Waals surface area contributed by atoms with Crippen LogP contribution in [0, 0.1) is 0 Å². The number of hydrogen-bond acceptors (Lipinski definition) is 6. The fraction of sp³-hybridized carbons (Fsp3) is 0.148. The molecule has 8 heteroatoms. The van der Waals surface area contributed by atoms with Crippen LogP contribution in [0.2, 0.25) is 0 Å². The van der Waals surface area contributed by atoms with Gasteiger partial charge in [0.2, 0.25) is 0 Å². The molecule has 4 aromatic rings. The number of esters is 1. The van der Waals surface area contributed by atoms with Crippen molar-refractivity contribution in [1.29, 1.82) is 0 Å². The Bertz CT molecular complexity index is 1350. The second kappa shape index (κ2) is 9.72. The first-order valence-corrected chi connectivity index (χ1v) is 11.2. The third-order valence-electron chi connectivity index (χ3n) is 5.45. The van der Waals surface area contributed by atoms with Gasteiger partial charge in [-0.1, -0.05) is 48.5 Å². The Labute approximate surface area is 202 Å². The summed E-state index contributed by atoms with van der Waals surface area (Å²) >= 11 is 0. The van der Waals surface area contributed by atoms with Gasteiger partial charge < -0.3 is 19.5 Å². The Morgan fingerprint density at radius 3 is 2.34 bits per heavy atom. The number of aromatic nitrogens is 2. The van der Waals surface area contributed by atoms with Crippen molar-refractivity contribution in [3.8, 4) is 28.4 Å². The summed E-state index contributed by atoms with van der Waals surface area (Å²) in [6.45, 7) is 2.45. The molecular weight excluding hydrogens is 446 g/mol. The largest absolute Gasteiger partial charge is 0.486 e. The maximum absolute atomic E-state index is 13.1. The first kappa shape index (κ1) is 22.2. The van der Waals surface area contributed by atoms with Crippen LogP contribution in [-0.4, -0.2) is 41.0 Å². The van der Waals surface area contributed by atoms with Crippen LogP contribution in [-0.2, 0) is 9.53 Å². The maximum Gasteiger partial charge on any atom is 0.357 e. The fourth-order valence-electron chi connectivity index (χ4n) is 3.68. The molecule has 5 rings (SSSR count). The van der Waals surface area contributed by atoms with Gasteiger partial charge in [0.05, 0.1) is 11.4 Å². The third-order valence-corrected chi connectivity index (χ3v) is 5.45. The van der Waals surface area contributed by atoms with Crippen LogP contribution in [0.15, 0.2) is 84.9 Å². The zero-order valence-electron chi connectivity index (χ0n) is 19.0. The number of benzene rings is 3. The number of nitrogens with one attached hydrogen (secondary N) is 1. The van der Waals surface area contributed by atoms with Crippen LogP contribution < -0.4 is 14.8 Å². The topological polar surface area (TPSA) is 91.7 Å². The molecule has 0 fully saturated rings. The van der Waals surface area contributed by atoms with E-state index < -0.39 is 18.0 Å². The van der Waals surface area contributed by atoms with E-state index in [4.69, 9.17) is 14.2 Å². The number of ether oxygens (including phenoxy) is 3. The van der Waals surface area contributed by atoms with Crippen molar-refractivity contribution in [2.45, 2.75) is 13.0 Å². The van der Waals surface area contributed by atoms with E-state index in [2.05, 4.69) is 10.4 Å². The van der Waals surface area contributed by atoms with Gasteiger partial charge >= 0.3 is 5.97 Å². The lowest BCUT2D eigenvalue weighted by atomic mass is 10.1. The number of hydrogen-bond donors (Lipinski definition) is 1. The lowest BCUT2D eigenvalue weighted by Crippen LogP contribution is -2.30. The molecule has 1 aliphatic heterocycles. The minimum absolute atomic E-state index is 0.217. The molecule has 1 amide bonds. The van der Waals surface area contributed by atoms with Crippen LogP contribution in [0.1, 0.15) is 17.4 Å². The summed E-state index contributed by atoms with van der Waals surface area (Å²) in [7, 11) is 0. The van der Waals surface area contributed by atoms with E-state index in [0.717, 1.165) is 5.56 Å². The van der Waals surface area contributed by atoms with Gasteiger partial charge in [-0.05, 0) is 37.3 Å². The molecule has 0 bridgehead atoms. The van der Waals surface area contributed by atoms with Gasteiger partial charge in [0.25, 0.3) is 5.91 Å². The standard InChI is InChI=1S/C27H23N3O5/c1-18(26(31)28-20-12-13-24-25(16-20)34-15-14-33-24)35-27(32)23-17-22(19-8-4-2-5-9-19)29-30(23)21-10-6-3-7-11-21/h2-13,16-18H,14-15H2,1H3,(H,28,31)/t18-/m0/s1. The van der Waals surface area contributed by atoms with Crippen LogP contribution in [0.25, 0.3) is 16.9 Å². The predicted octanol–water partition coefficient (Wildman–Crippen LogP) is 4.49. The smallest absolute Gasteiger partial charge is 0.357 e. The number of amides is 1. The van der Waals surface area contributed by atoms with Crippen molar-refractivity contribution in [2.75, 3.05) is 18.5 Å². The molecule has 2 heterocycles. The minimum Gasteiger partial charge on any atom is -0.486 e. The highest BCUT2D eigenvalue weighted by Crippen LogP contribution is 2.32. The minimum atomic E-state index is -1.05. The number of para-hydroxylation sites is 1. The molecule has 3 aromatic carbocycles. The Hall–Kier alpha value is -4.59. The van der Waals surface area contributed by atoms with E-state index in [1.54, 1.807) is 24.3 Å². The fourth-order valence-corrected chi connectivity index (χ4v) is 3.68. The normalized spacial score (nSPS) is 13.1. The lowest BCUT2D eigenvalue weighted by molar-refractivity contribution is -0.123. The Morgan fingerprint density at radius 2 is 1.60 bits per heavy atom. The molecule has 35 heavy (non-hydrogen) atoms. The second-order valence-electron chi connectivity index (χ2n) is 7.92. The van der Waals surface area contributed by atoms with Gasteiger partial charge in [0.1, 0.15) is 13.2 Å². The summed E-state index contributed by atoms with van der Waals surface area (Å²) in [6, 6.07) is 25.6. The van der Waals surface area contributed by atoms with Crippen molar-refractivity contribution < 1.29 is 23.8 Å². The number of fused-ring (bicyclic) bond motifs is 1. The van der Waals surface area contributed by atoms with Crippen molar-refractivity contribution in [3.05, 3.63) is 90.6 Å². The summed E-state index contributed by atoms with van der Waals surface area (Å²) in [5.74, 6) is 0.0495. The molecule has 0 unspecified atom stereocenters. The number of anilines is 1. The first-order valence-electron chi connectivity index (χ1n) is 11.2. The van der Waals surface area contributed by atoms with Gasteiger partial charge in [0.15, 0.2) is 23.3 Å². The van der Waals surface area contributed by atoms with E-state index in [-0.39, 0.29) is 5.69 Å². The monoisotopic (exact) mass is 469 g/mol. The van der Waals surface area contributed by atoms with E-state index in [9.17, 15) is 9.59 Å². The van der Waals surface area contributed by atoms with Gasteiger partial charge in [-0.2, -0.15) is 5.10 Å². The van der Waals surface area contributed by atoms with E-state index in [0.29, 0.717) is 41.8 Å². The SMILES string of the molecule is C[C@H](OC(=O)c1cc(-c2ccccc2)nn1-c1ccccc1)C(=O)Nc1ccc2c(c1)OCCO2. The van der Waals surface area contributed by atoms with E-state index in [1.165, 1.54) is 11.6 Å². The van der Waals surface area contributed by atoms with Crippen molar-refractivity contribution in [2.24, 2.45) is 0 Å². The molecule has 1 atom stereocenters. The third kappa shape index (κ3) is 4.86. The van der Waals surface area contributed by atoms with Gasteiger partial charge in [-0.3, -0.25) is 4.79 Å². The molecule has 176 valence electrons. The van der Waals surface area contributed by atoms with Crippen LogP contribution >= 0.6 is 0 Å². The zero-order valence-corrected chi connectivity index (χ0v) is 19.0. The van der Waals surface area contributed by atoms with Gasteiger partial charge in [0, 0.05) is 17.3 Å². The molecule has 0 aliphatic carbocycles. The lowest BCUT2D eigenvalue weighted by Gasteiger charge is -2.19. The molecule has 0 radical (unpaired) electrons. The highest BCUT2D eigenvalue weighted by atomic mass is 16.6. The summed E-state index contributed by atoms with van der Waals surface area (Å²) in [4.78, 5) is 25.9. The maximum atomic E-state index is 13.1. The Kier molecular flexibility index (Phi) is 6.17. The zero-order chi connectivity index (χ0) is 24.2. The number of carbonyl (C=O) groups excluding carboxylic acids is 2. The van der Waals surface area contributed by atoms with Crippen molar-refractivity contribution in [1.82, 2.24) is 9.78 Å². The summed E-state index contributed by atoms with van der Waals surface area (Å²) in [6.07, 6.45) is -1.05. The molecule has 8 nitrogen and oxygen atoms in total. The van der Waals surface area contributed by atoms with E-state index in [1.807, 2.05) is 60.7 Å². The number of carbonyl (C=O) groups is 2. The predicted molar refractivity (Wildman–Crippen MR) is 130 cm³/mol. The molecule has 1 aromatic heterocycles. The molecule has 0 spiro atoms. The molecule has 0 saturated heterocycles. The van der Waals surface area contributed by atoms with E-state index >= 15 is 0 Å². The average Bonchev–Trinajstić information content (AvgIpc) is 3.35. The molecular formula is C27H23N3O5. The van der Waals surface area contributed by atoms with Gasteiger partial charge in [-0.15, -0.1) is 0 Å². The first-order chi connectivity index (χ1) is 17.1. The Morgan fingerprint density at radius 1 is 0.914 bits per heavy atom. The van der Waals surface area contributed by atoms with Crippen LogP contribution in [0.5, 0.6) is 11.5 Å². The molecule has 0 saturated carbocycles. The summed E-state index contributed by atoms with van der Waals surface area (Å²) in [5, 5.41) is 7.37. The average molecular weight is 469 g/mol. The van der Waals surface area contributed by atoms with Crippen LogP contribution in [0.3, 0.4) is 0 Å². The van der Waals surface area contributed by atoms with Crippen molar-refractivity contribution in [3.63, 3.8) is 0 Å². The quantitative estimate of drug-likeness (QED) is 0.418. The second-order valence-corrected chi connectivity index (χ2v) is 7.92. The number of rotatable bonds is 6. The molecule has 1 aliphatic rings. The van der Waals surface area contributed by atoms with Crippen molar-refractivity contribution >= 4 is 17.6 Å². The Balaban J connectivity index is 1.35. The van der Waals surface area contributed by atoms with Crippen LogP contribution in [0.4, 0.5) is 5.69 Å². The highest BCUT2D eigenvalue weighted by molar-refractivity contribution is 5.97. The van der Waals surface area contributed by atoms with Gasteiger partial charge in [-0.25, -0.2) is 9.48 Å². The summed E-state index contributed by atoms with van der Waals surface area (Å²) in [5.41, 5.74) is 2.92. The number of nitrogens with zero attached hydrogens (tertiary/aromatic N) is 2.